The zero-order valence-electron chi connectivity index (χ0n) is 15.5. The lowest BCUT2D eigenvalue weighted by Gasteiger charge is -2.04. The Labute approximate surface area is 183 Å². The van der Waals surface area contributed by atoms with Gasteiger partial charge in [-0.2, -0.15) is 5.10 Å². The molecule has 0 aliphatic carbocycles. The molecule has 1 heterocycles. The third-order valence-electron chi connectivity index (χ3n) is 3.86. The number of phenols is 1. The molecule has 0 aliphatic rings. The number of halogens is 1. The maximum atomic E-state index is 12.0. The number of nitrogens with one attached hydrogen (secondary N) is 1. The minimum absolute atomic E-state index is 0.0305. The van der Waals surface area contributed by atoms with E-state index in [-0.39, 0.29) is 22.8 Å². The molecule has 12 heteroatoms. The van der Waals surface area contributed by atoms with Crippen LogP contribution in [0.25, 0.3) is 11.4 Å². The molecule has 1 amide bonds. The zero-order chi connectivity index (χ0) is 21.7. The van der Waals surface area contributed by atoms with Gasteiger partial charge in [-0.05, 0) is 18.2 Å². The lowest BCUT2D eigenvalue weighted by molar-refractivity contribution is -0.384. The fourth-order valence-corrected chi connectivity index (χ4v) is 3.52. The number of non-ortho nitro benzene ring substituents is 1. The highest BCUT2D eigenvalue weighted by Gasteiger charge is 2.13. The van der Waals surface area contributed by atoms with E-state index in [0.717, 1.165) is 22.3 Å². The Hall–Kier alpha value is -3.25. The number of nitrogens with zero attached hydrogens (tertiary/aromatic N) is 5. The number of thioether (sulfide) groups is 1. The van der Waals surface area contributed by atoms with Crippen LogP contribution in [0.2, 0.25) is 0 Å². The van der Waals surface area contributed by atoms with Gasteiger partial charge in [0, 0.05) is 34.8 Å². The van der Waals surface area contributed by atoms with Crippen molar-refractivity contribution in [1.29, 1.82) is 0 Å². The number of carbonyl (C=O) groups is 1. The number of phenolic OH excluding ortho intramolecular Hbond substituents is 1. The number of rotatable bonds is 7. The third kappa shape index (κ3) is 5.21. The van der Waals surface area contributed by atoms with Crippen LogP contribution in [0, 0.1) is 10.1 Å². The molecule has 0 spiro atoms. The summed E-state index contributed by atoms with van der Waals surface area (Å²) in [4.78, 5) is 22.2. The molecule has 3 aromatic rings. The van der Waals surface area contributed by atoms with E-state index in [2.05, 4.69) is 36.7 Å². The molecular weight excluding hydrogens is 476 g/mol. The first-order valence-electron chi connectivity index (χ1n) is 8.42. The Balaban J connectivity index is 1.59. The molecule has 154 valence electrons. The highest BCUT2D eigenvalue weighted by atomic mass is 79.9. The highest BCUT2D eigenvalue weighted by molar-refractivity contribution is 9.10. The molecule has 30 heavy (non-hydrogen) atoms. The number of hydrazone groups is 1. The highest BCUT2D eigenvalue weighted by Crippen LogP contribution is 2.25. The van der Waals surface area contributed by atoms with Crippen LogP contribution in [0.15, 0.2) is 57.2 Å². The predicted molar refractivity (Wildman–Crippen MR) is 115 cm³/mol. The summed E-state index contributed by atoms with van der Waals surface area (Å²) in [6, 6.07) is 11.2. The van der Waals surface area contributed by atoms with Gasteiger partial charge in [0.2, 0.25) is 0 Å². The van der Waals surface area contributed by atoms with Crippen LogP contribution >= 0.6 is 27.7 Å². The van der Waals surface area contributed by atoms with E-state index in [4.69, 9.17) is 0 Å². The number of aromatic nitrogens is 3. The monoisotopic (exact) mass is 490 g/mol. The van der Waals surface area contributed by atoms with Crippen molar-refractivity contribution >= 4 is 45.5 Å². The molecule has 0 aliphatic heterocycles. The van der Waals surface area contributed by atoms with E-state index in [1.54, 1.807) is 11.6 Å². The van der Waals surface area contributed by atoms with Crippen molar-refractivity contribution in [3.63, 3.8) is 0 Å². The Bertz CT molecular complexity index is 1130. The number of amides is 1. The van der Waals surface area contributed by atoms with Gasteiger partial charge < -0.3 is 9.67 Å². The van der Waals surface area contributed by atoms with Crippen molar-refractivity contribution in [2.45, 2.75) is 5.16 Å². The summed E-state index contributed by atoms with van der Waals surface area (Å²) in [7, 11) is 1.81. The number of nitro benzene ring substituents is 1. The first-order chi connectivity index (χ1) is 14.3. The average molecular weight is 491 g/mol. The summed E-state index contributed by atoms with van der Waals surface area (Å²) < 4.78 is 2.70. The molecular formula is C18H15BrN6O4S. The quantitative estimate of drug-likeness (QED) is 0.224. The minimum Gasteiger partial charge on any atom is -0.507 e. The smallest absolute Gasteiger partial charge is 0.270 e. The van der Waals surface area contributed by atoms with E-state index in [9.17, 15) is 20.0 Å². The van der Waals surface area contributed by atoms with Gasteiger partial charge in [-0.25, -0.2) is 5.43 Å². The number of hydrogen-bond donors (Lipinski definition) is 2. The molecule has 2 aromatic carbocycles. The average Bonchev–Trinajstić information content (AvgIpc) is 3.08. The van der Waals surface area contributed by atoms with Crippen molar-refractivity contribution in [3.8, 4) is 17.1 Å². The molecule has 0 bridgehead atoms. The van der Waals surface area contributed by atoms with Crippen LogP contribution in [-0.2, 0) is 11.8 Å². The molecule has 0 unspecified atom stereocenters. The Kier molecular flexibility index (Phi) is 6.79. The van der Waals surface area contributed by atoms with E-state index in [1.165, 1.54) is 23.9 Å². The molecule has 0 fully saturated rings. The SMILES string of the molecule is Cn1c(SCC(=O)NN=Cc2cc([N+](=O)[O-])ccc2O)nnc1-c1cccc(Br)c1. The van der Waals surface area contributed by atoms with Crippen molar-refractivity contribution < 1.29 is 14.8 Å². The van der Waals surface area contributed by atoms with Crippen molar-refractivity contribution in [2.75, 3.05) is 5.75 Å². The van der Waals surface area contributed by atoms with Gasteiger partial charge in [0.1, 0.15) is 5.75 Å². The van der Waals surface area contributed by atoms with Crippen molar-refractivity contribution in [3.05, 3.63) is 62.6 Å². The fourth-order valence-electron chi connectivity index (χ4n) is 2.41. The normalized spacial score (nSPS) is 11.0. The van der Waals surface area contributed by atoms with Crippen LogP contribution < -0.4 is 5.43 Å². The van der Waals surface area contributed by atoms with Gasteiger partial charge in [0.25, 0.3) is 11.6 Å². The van der Waals surface area contributed by atoms with Crippen LogP contribution in [0.1, 0.15) is 5.56 Å². The lowest BCUT2D eigenvalue weighted by Crippen LogP contribution is -2.19. The van der Waals surface area contributed by atoms with E-state index in [0.29, 0.717) is 11.0 Å². The first-order valence-corrected chi connectivity index (χ1v) is 10.2. The predicted octanol–water partition coefficient (Wildman–Crippen LogP) is 3.10. The summed E-state index contributed by atoms with van der Waals surface area (Å²) in [5.41, 5.74) is 3.11. The zero-order valence-corrected chi connectivity index (χ0v) is 17.9. The van der Waals surface area contributed by atoms with E-state index < -0.39 is 10.8 Å². The standard InChI is InChI=1S/C18H15BrN6O4S/c1-24-17(11-3-2-4-13(19)7-11)22-23-18(24)30-10-16(27)21-20-9-12-8-14(25(28)29)5-6-15(12)26/h2-9,26H,10H2,1H3,(H,21,27). The van der Waals surface area contributed by atoms with E-state index in [1.807, 2.05) is 24.3 Å². The second kappa shape index (κ2) is 9.50. The molecule has 0 radical (unpaired) electrons. The third-order valence-corrected chi connectivity index (χ3v) is 5.38. The summed E-state index contributed by atoms with van der Waals surface area (Å²) >= 11 is 4.60. The van der Waals surface area contributed by atoms with Gasteiger partial charge >= 0.3 is 0 Å². The molecule has 0 saturated heterocycles. The Morgan fingerprint density at radius 2 is 2.17 bits per heavy atom. The number of carbonyl (C=O) groups excluding carboxylic acids is 1. The molecule has 1 aromatic heterocycles. The number of benzene rings is 2. The van der Waals surface area contributed by atoms with Gasteiger partial charge in [0.15, 0.2) is 11.0 Å². The lowest BCUT2D eigenvalue weighted by atomic mass is 10.2. The molecule has 3 rings (SSSR count). The largest absolute Gasteiger partial charge is 0.507 e. The summed E-state index contributed by atoms with van der Waals surface area (Å²) in [5.74, 6) is 0.0987. The number of hydrogen-bond acceptors (Lipinski definition) is 8. The van der Waals surface area contributed by atoms with Crippen LogP contribution in [0.3, 0.4) is 0 Å². The fraction of sp³-hybridized carbons (Fsp3) is 0.111. The van der Waals surface area contributed by atoms with Crippen molar-refractivity contribution in [1.82, 2.24) is 20.2 Å². The van der Waals surface area contributed by atoms with Gasteiger partial charge in [0.05, 0.1) is 16.9 Å². The molecule has 10 nitrogen and oxygen atoms in total. The first kappa shape index (κ1) is 21.5. The summed E-state index contributed by atoms with van der Waals surface area (Å²) in [5, 5.41) is 33.1. The molecule has 0 atom stereocenters. The van der Waals surface area contributed by atoms with Crippen LogP contribution in [-0.4, -0.2) is 42.7 Å². The molecule has 0 saturated carbocycles. The maximum absolute atomic E-state index is 12.0. The van der Waals surface area contributed by atoms with Gasteiger partial charge in [-0.3, -0.25) is 14.9 Å². The topological polar surface area (TPSA) is 136 Å². The summed E-state index contributed by atoms with van der Waals surface area (Å²) in [6.45, 7) is 0. The minimum atomic E-state index is -0.588. The van der Waals surface area contributed by atoms with Gasteiger partial charge in [-0.15, -0.1) is 10.2 Å². The molecule has 2 N–H and O–H groups in total. The maximum Gasteiger partial charge on any atom is 0.270 e. The second-order valence-electron chi connectivity index (χ2n) is 5.96. The van der Waals surface area contributed by atoms with Crippen LogP contribution in [0.5, 0.6) is 5.75 Å². The Morgan fingerprint density at radius 1 is 1.37 bits per heavy atom. The number of nitro groups is 1. The van der Waals surface area contributed by atoms with Gasteiger partial charge in [-0.1, -0.05) is 39.8 Å². The Morgan fingerprint density at radius 3 is 2.90 bits per heavy atom. The van der Waals surface area contributed by atoms with E-state index >= 15 is 0 Å². The summed E-state index contributed by atoms with van der Waals surface area (Å²) in [6.07, 6.45) is 1.14. The van der Waals surface area contributed by atoms with Crippen LogP contribution in [0.4, 0.5) is 5.69 Å². The number of aromatic hydroxyl groups is 1. The second-order valence-corrected chi connectivity index (χ2v) is 7.82. The van der Waals surface area contributed by atoms with Crippen molar-refractivity contribution in [2.24, 2.45) is 12.1 Å².